The normalized spacial score (nSPS) is 11.4. The van der Waals surface area contributed by atoms with E-state index in [1.807, 2.05) is 0 Å². The van der Waals surface area contributed by atoms with Crippen molar-refractivity contribution in [3.8, 4) is 0 Å². The van der Waals surface area contributed by atoms with E-state index in [1.54, 1.807) is 0 Å². The van der Waals surface area contributed by atoms with Crippen LogP contribution in [0.3, 0.4) is 0 Å². The van der Waals surface area contributed by atoms with Crippen molar-refractivity contribution >= 4 is 37.6 Å². The Morgan fingerprint density at radius 1 is 1.48 bits per heavy atom. The molecule has 0 spiro atoms. The number of hydrogen-bond acceptors (Lipinski definition) is 6. The number of benzene rings is 1. The van der Waals surface area contributed by atoms with Crippen LogP contribution in [0.5, 0.6) is 0 Å². The number of nitro groups is 1. The molecule has 0 aliphatic carbocycles. The summed E-state index contributed by atoms with van der Waals surface area (Å²) in [6, 6.07) is 3.64. The van der Waals surface area contributed by atoms with Crippen molar-refractivity contribution in [3.05, 3.63) is 32.8 Å². The summed E-state index contributed by atoms with van der Waals surface area (Å²) in [6.07, 6.45) is -0.145. The van der Waals surface area contributed by atoms with E-state index in [1.165, 1.54) is 20.2 Å². The van der Waals surface area contributed by atoms with Crippen LogP contribution in [-0.4, -0.2) is 44.3 Å². The van der Waals surface area contributed by atoms with Crippen molar-refractivity contribution < 1.29 is 22.9 Å². The van der Waals surface area contributed by atoms with Crippen molar-refractivity contribution in [2.45, 2.75) is 11.3 Å². The predicted molar refractivity (Wildman–Crippen MR) is 77.2 cm³/mol. The Labute approximate surface area is 130 Å². The third kappa shape index (κ3) is 4.22. The largest absolute Gasteiger partial charge is 0.469 e. The summed E-state index contributed by atoms with van der Waals surface area (Å²) in [5, 5.41) is 10.9. The van der Waals surface area contributed by atoms with Gasteiger partial charge in [0.15, 0.2) is 4.90 Å². The molecule has 0 unspecified atom stereocenters. The van der Waals surface area contributed by atoms with E-state index in [0.717, 1.165) is 16.4 Å². The third-order valence-corrected chi connectivity index (χ3v) is 5.04. The molecule has 0 bridgehead atoms. The van der Waals surface area contributed by atoms with Gasteiger partial charge in [0.2, 0.25) is 10.0 Å². The van der Waals surface area contributed by atoms with E-state index in [-0.39, 0.29) is 13.0 Å². The monoisotopic (exact) mass is 380 g/mol. The van der Waals surface area contributed by atoms with Crippen LogP contribution in [0.15, 0.2) is 27.6 Å². The van der Waals surface area contributed by atoms with Gasteiger partial charge < -0.3 is 4.74 Å². The van der Waals surface area contributed by atoms with E-state index in [0.29, 0.717) is 4.47 Å². The number of ether oxygens (including phenoxy) is 1. The predicted octanol–water partition coefficient (Wildman–Crippen LogP) is 1.54. The highest BCUT2D eigenvalue weighted by Gasteiger charge is 2.30. The molecule has 0 saturated heterocycles. The number of esters is 1. The lowest BCUT2D eigenvalue weighted by molar-refractivity contribution is -0.387. The molecule has 116 valence electrons. The lowest BCUT2D eigenvalue weighted by atomic mass is 10.3. The van der Waals surface area contributed by atoms with E-state index in [2.05, 4.69) is 20.7 Å². The fraction of sp³-hybridized carbons (Fsp3) is 0.364. The van der Waals surface area contributed by atoms with E-state index >= 15 is 0 Å². The molecule has 21 heavy (non-hydrogen) atoms. The second-order valence-electron chi connectivity index (χ2n) is 4.02. The Bertz CT molecular complexity index is 661. The highest BCUT2D eigenvalue weighted by molar-refractivity contribution is 9.10. The number of sulfonamides is 1. The maximum atomic E-state index is 12.4. The molecule has 8 nitrogen and oxygen atoms in total. The summed E-state index contributed by atoms with van der Waals surface area (Å²) >= 11 is 3.08. The number of methoxy groups -OCH3 is 1. The molecule has 1 aromatic rings. The van der Waals surface area contributed by atoms with Gasteiger partial charge in [-0.3, -0.25) is 14.9 Å². The number of carbonyl (C=O) groups is 1. The Morgan fingerprint density at radius 2 is 2.10 bits per heavy atom. The molecule has 0 aromatic heterocycles. The SMILES string of the molecule is COC(=O)CCN(C)S(=O)(=O)c1cc(Br)ccc1[N+](=O)[O-]. The molecule has 1 aromatic carbocycles. The first kappa shape index (κ1) is 17.5. The van der Waals surface area contributed by atoms with Gasteiger partial charge in [-0.15, -0.1) is 0 Å². The number of nitro benzene ring substituents is 1. The molecule has 0 radical (unpaired) electrons. The van der Waals surface area contributed by atoms with Crippen molar-refractivity contribution in [3.63, 3.8) is 0 Å². The van der Waals surface area contributed by atoms with Crippen LogP contribution < -0.4 is 0 Å². The molecular formula is C11H13BrN2O6S. The second kappa shape index (κ2) is 6.96. The van der Waals surface area contributed by atoms with Crippen LogP contribution >= 0.6 is 15.9 Å². The maximum Gasteiger partial charge on any atom is 0.306 e. The number of nitrogens with zero attached hydrogens (tertiary/aromatic N) is 2. The van der Waals surface area contributed by atoms with Gasteiger partial charge >= 0.3 is 5.97 Å². The second-order valence-corrected chi connectivity index (χ2v) is 6.95. The molecule has 0 atom stereocenters. The molecule has 0 saturated carbocycles. The van der Waals surface area contributed by atoms with Crippen LogP contribution in [0.1, 0.15) is 6.42 Å². The molecule has 0 N–H and O–H groups in total. The van der Waals surface area contributed by atoms with Crippen LogP contribution in [0.2, 0.25) is 0 Å². The van der Waals surface area contributed by atoms with Crippen molar-refractivity contribution in [1.29, 1.82) is 0 Å². The third-order valence-electron chi connectivity index (χ3n) is 2.67. The van der Waals surface area contributed by atoms with Crippen LogP contribution in [-0.2, 0) is 19.6 Å². The van der Waals surface area contributed by atoms with Crippen molar-refractivity contribution in [2.24, 2.45) is 0 Å². The van der Waals surface area contributed by atoms with E-state index < -0.39 is 31.5 Å². The van der Waals surface area contributed by atoms with E-state index in [9.17, 15) is 23.3 Å². The van der Waals surface area contributed by atoms with Gasteiger partial charge in [0.1, 0.15) is 0 Å². The van der Waals surface area contributed by atoms with Gasteiger partial charge in [-0.1, -0.05) is 15.9 Å². The number of rotatable bonds is 6. The summed E-state index contributed by atoms with van der Waals surface area (Å²) in [5.41, 5.74) is -0.525. The van der Waals surface area contributed by atoms with Gasteiger partial charge in [-0.2, -0.15) is 0 Å². The number of carbonyl (C=O) groups excluding carboxylic acids is 1. The zero-order chi connectivity index (χ0) is 16.2. The Balaban J connectivity index is 3.15. The standard InChI is InChI=1S/C11H13BrN2O6S/c1-13(6-5-11(15)20-2)21(18,19)10-7-8(12)3-4-9(10)14(16)17/h3-4,7H,5-6H2,1-2H3. The van der Waals surface area contributed by atoms with Crippen LogP contribution in [0.25, 0.3) is 0 Å². The average Bonchev–Trinajstić information content (AvgIpc) is 2.43. The average molecular weight is 381 g/mol. The smallest absolute Gasteiger partial charge is 0.306 e. The van der Waals surface area contributed by atoms with E-state index in [4.69, 9.17) is 0 Å². The first-order chi connectivity index (χ1) is 9.70. The molecule has 0 amide bonds. The first-order valence-electron chi connectivity index (χ1n) is 5.67. The zero-order valence-corrected chi connectivity index (χ0v) is 13.7. The minimum absolute atomic E-state index is 0.140. The molecule has 0 heterocycles. The summed E-state index contributed by atoms with van der Waals surface area (Å²) in [4.78, 5) is 20.8. The topological polar surface area (TPSA) is 107 Å². The van der Waals surface area contributed by atoms with Crippen molar-refractivity contribution in [2.75, 3.05) is 20.7 Å². The lowest BCUT2D eigenvalue weighted by Gasteiger charge is -2.16. The molecule has 0 aliphatic rings. The van der Waals surface area contributed by atoms with Gasteiger partial charge in [0, 0.05) is 24.1 Å². The lowest BCUT2D eigenvalue weighted by Crippen LogP contribution is -2.30. The Hall–Kier alpha value is -1.52. The van der Waals surface area contributed by atoms with Crippen molar-refractivity contribution in [1.82, 2.24) is 4.31 Å². The highest BCUT2D eigenvalue weighted by atomic mass is 79.9. The minimum atomic E-state index is -4.09. The maximum absolute atomic E-state index is 12.4. The molecule has 0 aliphatic heterocycles. The Kier molecular flexibility index (Phi) is 5.81. The molecule has 1 rings (SSSR count). The molecule has 0 fully saturated rings. The van der Waals surface area contributed by atoms with Crippen LogP contribution in [0.4, 0.5) is 5.69 Å². The highest BCUT2D eigenvalue weighted by Crippen LogP contribution is 2.29. The minimum Gasteiger partial charge on any atom is -0.469 e. The zero-order valence-electron chi connectivity index (χ0n) is 11.3. The molecule has 10 heteroatoms. The van der Waals surface area contributed by atoms with Gasteiger partial charge in [-0.25, -0.2) is 12.7 Å². The first-order valence-corrected chi connectivity index (χ1v) is 7.90. The Morgan fingerprint density at radius 3 is 2.62 bits per heavy atom. The summed E-state index contributed by atoms with van der Waals surface area (Å²) in [6.45, 7) is -0.140. The quantitative estimate of drug-likeness (QED) is 0.420. The number of hydrogen-bond donors (Lipinski definition) is 0. The van der Waals surface area contributed by atoms with Gasteiger partial charge in [-0.05, 0) is 12.1 Å². The number of halogens is 1. The van der Waals surface area contributed by atoms with Gasteiger partial charge in [0.05, 0.1) is 18.5 Å². The van der Waals surface area contributed by atoms with Gasteiger partial charge in [0.25, 0.3) is 5.69 Å². The van der Waals surface area contributed by atoms with Crippen LogP contribution in [0, 0.1) is 10.1 Å². The summed E-state index contributed by atoms with van der Waals surface area (Å²) in [7, 11) is -1.66. The summed E-state index contributed by atoms with van der Waals surface area (Å²) < 4.78 is 30.4. The fourth-order valence-corrected chi connectivity index (χ4v) is 3.35. The summed E-state index contributed by atoms with van der Waals surface area (Å²) in [5.74, 6) is -0.569. The fourth-order valence-electron chi connectivity index (χ4n) is 1.48. The molecular weight excluding hydrogens is 368 g/mol.